The van der Waals surface area contributed by atoms with Gasteiger partial charge in [-0.1, -0.05) is 0 Å². The molecule has 0 aliphatic rings. The third kappa shape index (κ3) is 2.83. The number of anilines is 1. The van der Waals surface area contributed by atoms with E-state index in [0.29, 0.717) is 5.56 Å². The van der Waals surface area contributed by atoms with Crippen LogP contribution < -0.4 is 4.90 Å². The highest BCUT2D eigenvalue weighted by molar-refractivity contribution is 7.07. The molecular weight excluding hydrogens is 230 g/mol. The van der Waals surface area contributed by atoms with E-state index in [2.05, 4.69) is 32.8 Å². The second kappa shape index (κ2) is 4.98. The molecule has 0 aliphatic heterocycles. The second-order valence-electron chi connectivity index (χ2n) is 3.95. The Balaban J connectivity index is 2.22. The Kier molecular flexibility index (Phi) is 3.40. The second-order valence-corrected chi connectivity index (χ2v) is 4.73. The number of nitrogens with zero attached hydrogens (tertiary/aromatic N) is 3. The molecule has 2 rings (SSSR count). The SMILES string of the molecule is Cc1cc(C#N)cc(N(C)Cc2ccsc2)n1. The number of hydrogen-bond donors (Lipinski definition) is 0. The van der Waals surface area contributed by atoms with Crippen molar-refractivity contribution in [3.05, 3.63) is 45.8 Å². The molecule has 0 fully saturated rings. The molecule has 0 saturated carbocycles. The molecule has 0 N–H and O–H groups in total. The average Bonchev–Trinajstić information content (AvgIpc) is 2.81. The van der Waals surface area contributed by atoms with Gasteiger partial charge in [-0.05, 0) is 41.4 Å². The van der Waals surface area contributed by atoms with Crippen LogP contribution in [-0.4, -0.2) is 12.0 Å². The molecule has 4 heteroatoms. The summed E-state index contributed by atoms with van der Waals surface area (Å²) >= 11 is 1.69. The summed E-state index contributed by atoms with van der Waals surface area (Å²) in [7, 11) is 1.99. The third-order valence-corrected chi connectivity index (χ3v) is 3.19. The lowest BCUT2D eigenvalue weighted by Crippen LogP contribution is -2.17. The molecule has 3 nitrogen and oxygen atoms in total. The van der Waals surface area contributed by atoms with Crippen molar-refractivity contribution in [3.63, 3.8) is 0 Å². The molecule has 0 unspecified atom stereocenters. The minimum atomic E-state index is 0.657. The van der Waals surface area contributed by atoms with Crippen molar-refractivity contribution in [2.45, 2.75) is 13.5 Å². The van der Waals surface area contributed by atoms with Crippen LogP contribution in [0.25, 0.3) is 0 Å². The third-order valence-electron chi connectivity index (χ3n) is 2.46. The van der Waals surface area contributed by atoms with Crippen molar-refractivity contribution < 1.29 is 0 Å². The van der Waals surface area contributed by atoms with E-state index in [4.69, 9.17) is 5.26 Å². The highest BCUT2D eigenvalue weighted by Gasteiger charge is 2.06. The van der Waals surface area contributed by atoms with Gasteiger partial charge in [-0.3, -0.25) is 0 Å². The van der Waals surface area contributed by atoms with E-state index in [-0.39, 0.29) is 0 Å². The summed E-state index contributed by atoms with van der Waals surface area (Å²) in [5.74, 6) is 0.841. The summed E-state index contributed by atoms with van der Waals surface area (Å²) in [5, 5.41) is 13.1. The highest BCUT2D eigenvalue weighted by atomic mass is 32.1. The summed E-state index contributed by atoms with van der Waals surface area (Å²) in [6, 6.07) is 7.87. The number of pyridine rings is 1. The maximum atomic E-state index is 8.93. The predicted molar refractivity (Wildman–Crippen MR) is 70.1 cm³/mol. The van der Waals surface area contributed by atoms with Gasteiger partial charge >= 0.3 is 0 Å². The van der Waals surface area contributed by atoms with Crippen molar-refractivity contribution in [1.29, 1.82) is 5.26 Å². The highest BCUT2D eigenvalue weighted by Crippen LogP contribution is 2.16. The Morgan fingerprint density at radius 2 is 2.29 bits per heavy atom. The molecular formula is C13H13N3S. The Morgan fingerprint density at radius 3 is 2.94 bits per heavy atom. The Bertz CT molecular complexity index is 540. The minimum absolute atomic E-state index is 0.657. The van der Waals surface area contributed by atoms with E-state index in [9.17, 15) is 0 Å². The summed E-state index contributed by atoms with van der Waals surface area (Å²) in [6.07, 6.45) is 0. The monoisotopic (exact) mass is 243 g/mol. The molecule has 0 aliphatic carbocycles. The fourth-order valence-corrected chi connectivity index (χ4v) is 2.31. The van der Waals surface area contributed by atoms with Crippen molar-refractivity contribution in [2.24, 2.45) is 0 Å². The number of aromatic nitrogens is 1. The van der Waals surface area contributed by atoms with Gasteiger partial charge in [-0.25, -0.2) is 4.98 Å². The average molecular weight is 243 g/mol. The maximum Gasteiger partial charge on any atom is 0.130 e. The molecule has 0 aromatic carbocycles. The topological polar surface area (TPSA) is 39.9 Å². The van der Waals surface area contributed by atoms with Crippen LogP contribution in [0.2, 0.25) is 0 Å². The predicted octanol–water partition coefficient (Wildman–Crippen LogP) is 2.96. The lowest BCUT2D eigenvalue weighted by atomic mass is 10.2. The van der Waals surface area contributed by atoms with Gasteiger partial charge in [0.2, 0.25) is 0 Å². The van der Waals surface area contributed by atoms with Gasteiger partial charge in [0, 0.05) is 19.3 Å². The summed E-state index contributed by atoms with van der Waals surface area (Å²) in [4.78, 5) is 6.49. The number of rotatable bonds is 3. The number of hydrogen-bond acceptors (Lipinski definition) is 4. The summed E-state index contributed by atoms with van der Waals surface area (Å²) < 4.78 is 0. The summed E-state index contributed by atoms with van der Waals surface area (Å²) in [5.41, 5.74) is 2.79. The molecule has 0 atom stereocenters. The van der Waals surface area contributed by atoms with Crippen molar-refractivity contribution in [2.75, 3.05) is 11.9 Å². The Morgan fingerprint density at radius 1 is 1.47 bits per heavy atom. The van der Waals surface area contributed by atoms with Crippen LogP contribution >= 0.6 is 11.3 Å². The van der Waals surface area contributed by atoms with Crippen LogP contribution in [0.15, 0.2) is 29.0 Å². The normalized spacial score (nSPS) is 9.94. The molecule has 2 aromatic rings. The van der Waals surface area contributed by atoms with E-state index >= 15 is 0 Å². The fraction of sp³-hybridized carbons (Fsp3) is 0.231. The molecule has 2 aromatic heterocycles. The van der Waals surface area contributed by atoms with Crippen LogP contribution in [-0.2, 0) is 6.54 Å². The van der Waals surface area contributed by atoms with Crippen molar-refractivity contribution in [1.82, 2.24) is 4.98 Å². The molecule has 2 heterocycles. The molecule has 0 radical (unpaired) electrons. The van der Waals surface area contributed by atoms with E-state index in [1.165, 1.54) is 5.56 Å². The first-order valence-corrected chi connectivity index (χ1v) is 6.24. The minimum Gasteiger partial charge on any atom is -0.355 e. The zero-order valence-electron chi connectivity index (χ0n) is 9.84. The van der Waals surface area contributed by atoms with Gasteiger partial charge in [-0.15, -0.1) is 0 Å². The van der Waals surface area contributed by atoms with Crippen LogP contribution in [0.5, 0.6) is 0 Å². The fourth-order valence-electron chi connectivity index (χ4n) is 1.65. The van der Waals surface area contributed by atoms with Gasteiger partial charge in [0.15, 0.2) is 0 Å². The number of nitriles is 1. The number of thiophene rings is 1. The van der Waals surface area contributed by atoms with Crippen LogP contribution in [0, 0.1) is 18.3 Å². The van der Waals surface area contributed by atoms with Crippen LogP contribution in [0.4, 0.5) is 5.82 Å². The number of aryl methyl sites for hydroxylation is 1. The maximum absolute atomic E-state index is 8.93. The lowest BCUT2D eigenvalue weighted by molar-refractivity contribution is 0.895. The molecule has 0 spiro atoms. The van der Waals surface area contributed by atoms with E-state index in [1.54, 1.807) is 17.4 Å². The lowest BCUT2D eigenvalue weighted by Gasteiger charge is -2.18. The van der Waals surface area contributed by atoms with Gasteiger partial charge in [-0.2, -0.15) is 16.6 Å². The van der Waals surface area contributed by atoms with Crippen LogP contribution in [0.1, 0.15) is 16.8 Å². The van der Waals surface area contributed by atoms with Gasteiger partial charge in [0.1, 0.15) is 5.82 Å². The first-order valence-electron chi connectivity index (χ1n) is 5.30. The van der Waals surface area contributed by atoms with Crippen molar-refractivity contribution in [3.8, 4) is 6.07 Å². The Hall–Kier alpha value is -1.86. The van der Waals surface area contributed by atoms with Gasteiger partial charge in [0.05, 0.1) is 11.6 Å². The zero-order chi connectivity index (χ0) is 12.3. The van der Waals surface area contributed by atoms with E-state index in [1.807, 2.05) is 20.0 Å². The first kappa shape index (κ1) is 11.6. The zero-order valence-corrected chi connectivity index (χ0v) is 10.7. The van der Waals surface area contributed by atoms with Gasteiger partial charge in [0.25, 0.3) is 0 Å². The van der Waals surface area contributed by atoms with E-state index in [0.717, 1.165) is 18.1 Å². The van der Waals surface area contributed by atoms with Gasteiger partial charge < -0.3 is 4.90 Å². The molecule has 0 amide bonds. The molecule has 0 bridgehead atoms. The molecule has 0 saturated heterocycles. The molecule has 17 heavy (non-hydrogen) atoms. The Labute approximate surface area is 105 Å². The summed E-state index contributed by atoms with van der Waals surface area (Å²) in [6.45, 7) is 2.72. The largest absolute Gasteiger partial charge is 0.355 e. The first-order chi connectivity index (χ1) is 8.19. The smallest absolute Gasteiger partial charge is 0.130 e. The standard InChI is InChI=1S/C13H13N3S/c1-10-5-12(7-14)6-13(15-10)16(2)8-11-3-4-17-9-11/h3-6,9H,8H2,1-2H3. The molecule has 86 valence electrons. The van der Waals surface area contributed by atoms with Crippen LogP contribution in [0.3, 0.4) is 0 Å². The van der Waals surface area contributed by atoms with Crippen molar-refractivity contribution >= 4 is 17.2 Å². The quantitative estimate of drug-likeness (QED) is 0.832. The van der Waals surface area contributed by atoms with E-state index < -0.39 is 0 Å².